The first-order valence-corrected chi connectivity index (χ1v) is 4.64. The third-order valence-electron chi connectivity index (χ3n) is 1.59. The molecule has 0 saturated heterocycles. The first-order valence-electron chi connectivity index (χ1n) is 3.82. The van der Waals surface area contributed by atoms with Crippen LogP contribution in [-0.2, 0) is 5.41 Å². The topological polar surface area (TPSA) is 12.0 Å². The third-order valence-corrected chi connectivity index (χ3v) is 3.12. The van der Waals surface area contributed by atoms with Crippen LogP contribution in [0.2, 0.25) is 0 Å². The first-order chi connectivity index (χ1) is 5.04. The predicted octanol–water partition coefficient (Wildman–Crippen LogP) is 3.09. The molecule has 1 aromatic rings. The highest BCUT2D eigenvalue weighted by atomic mass is 32.1. The van der Waals surface area contributed by atoms with Gasteiger partial charge in [-0.3, -0.25) is 0 Å². The van der Waals surface area contributed by atoms with Gasteiger partial charge in [-0.1, -0.05) is 20.8 Å². The van der Waals surface area contributed by atoms with Crippen molar-refractivity contribution in [2.75, 3.05) is 12.4 Å². The van der Waals surface area contributed by atoms with Crippen molar-refractivity contribution in [1.29, 1.82) is 0 Å². The molecule has 0 bridgehead atoms. The van der Waals surface area contributed by atoms with Gasteiger partial charge in [0.1, 0.15) is 0 Å². The van der Waals surface area contributed by atoms with Crippen LogP contribution in [0.25, 0.3) is 0 Å². The van der Waals surface area contributed by atoms with Crippen LogP contribution < -0.4 is 5.32 Å². The molecule has 0 saturated carbocycles. The van der Waals surface area contributed by atoms with E-state index in [4.69, 9.17) is 0 Å². The molecule has 2 heteroatoms. The summed E-state index contributed by atoms with van der Waals surface area (Å²) in [5, 5.41) is 4.38. The summed E-state index contributed by atoms with van der Waals surface area (Å²) in [7, 11) is 1.96. The number of anilines is 1. The van der Waals surface area contributed by atoms with E-state index in [2.05, 4.69) is 38.2 Å². The van der Waals surface area contributed by atoms with E-state index in [1.165, 1.54) is 9.88 Å². The van der Waals surface area contributed by atoms with E-state index in [0.717, 1.165) is 0 Å². The zero-order valence-corrected chi connectivity index (χ0v) is 8.38. The van der Waals surface area contributed by atoms with Gasteiger partial charge in [-0.25, -0.2) is 0 Å². The van der Waals surface area contributed by atoms with Crippen LogP contribution in [-0.4, -0.2) is 7.05 Å². The molecule has 0 aliphatic heterocycles. The maximum absolute atomic E-state index is 3.14. The normalized spacial score (nSPS) is 11.6. The van der Waals surface area contributed by atoms with Crippen LogP contribution in [0, 0.1) is 0 Å². The molecule has 11 heavy (non-hydrogen) atoms. The molecule has 0 atom stereocenters. The lowest BCUT2D eigenvalue weighted by Gasteiger charge is -2.15. The number of hydrogen-bond donors (Lipinski definition) is 1. The molecule has 0 aliphatic rings. The fourth-order valence-electron chi connectivity index (χ4n) is 0.875. The molecule has 1 aromatic heterocycles. The van der Waals surface area contributed by atoms with Gasteiger partial charge in [0.2, 0.25) is 0 Å². The Morgan fingerprint density at radius 2 is 1.91 bits per heavy atom. The SMILES string of the molecule is CNc1ccc(C(C)(C)C)s1. The van der Waals surface area contributed by atoms with Crippen LogP contribution in [0.1, 0.15) is 25.6 Å². The van der Waals surface area contributed by atoms with Crippen molar-refractivity contribution >= 4 is 16.3 Å². The zero-order chi connectivity index (χ0) is 8.48. The molecule has 1 heterocycles. The summed E-state index contributed by atoms with van der Waals surface area (Å²) < 4.78 is 0. The second-order valence-electron chi connectivity index (χ2n) is 3.66. The third kappa shape index (κ3) is 1.96. The maximum Gasteiger partial charge on any atom is 0.0882 e. The molecular formula is C9H15NS. The Bertz CT molecular complexity index is 232. The molecule has 0 amide bonds. The molecule has 0 fully saturated rings. The van der Waals surface area contributed by atoms with Gasteiger partial charge in [0.25, 0.3) is 0 Å². The van der Waals surface area contributed by atoms with Gasteiger partial charge in [-0.2, -0.15) is 0 Å². The van der Waals surface area contributed by atoms with Crippen LogP contribution in [0.4, 0.5) is 5.00 Å². The Morgan fingerprint density at radius 1 is 1.27 bits per heavy atom. The molecule has 1 nitrogen and oxygen atoms in total. The number of thiophene rings is 1. The number of hydrogen-bond acceptors (Lipinski definition) is 2. The van der Waals surface area contributed by atoms with Gasteiger partial charge in [0.05, 0.1) is 5.00 Å². The summed E-state index contributed by atoms with van der Waals surface area (Å²) >= 11 is 1.83. The van der Waals surface area contributed by atoms with Gasteiger partial charge in [0, 0.05) is 11.9 Å². The minimum atomic E-state index is 0.291. The summed E-state index contributed by atoms with van der Waals surface area (Å²) in [5.74, 6) is 0. The standard InChI is InChI=1S/C9H15NS/c1-9(2,3)7-5-6-8(10-4)11-7/h5-6,10H,1-4H3. The fraction of sp³-hybridized carbons (Fsp3) is 0.556. The second-order valence-corrected chi connectivity index (χ2v) is 4.75. The van der Waals surface area contributed by atoms with Crippen molar-refractivity contribution in [3.8, 4) is 0 Å². The Kier molecular flexibility index (Phi) is 2.23. The molecule has 0 spiro atoms. The van der Waals surface area contributed by atoms with Crippen molar-refractivity contribution < 1.29 is 0 Å². The summed E-state index contributed by atoms with van der Waals surface area (Å²) in [6, 6.07) is 4.32. The lowest BCUT2D eigenvalue weighted by atomic mass is 9.95. The maximum atomic E-state index is 3.14. The molecule has 1 N–H and O–H groups in total. The van der Waals surface area contributed by atoms with Crippen LogP contribution in [0.5, 0.6) is 0 Å². The first kappa shape index (κ1) is 8.60. The van der Waals surface area contributed by atoms with Gasteiger partial charge >= 0.3 is 0 Å². The van der Waals surface area contributed by atoms with Crippen molar-refractivity contribution in [3.63, 3.8) is 0 Å². The molecule has 0 aliphatic carbocycles. The highest BCUT2D eigenvalue weighted by molar-refractivity contribution is 7.16. The fourth-order valence-corrected chi connectivity index (χ4v) is 1.79. The molecular weight excluding hydrogens is 154 g/mol. The van der Waals surface area contributed by atoms with Crippen LogP contribution in [0.3, 0.4) is 0 Å². The smallest absolute Gasteiger partial charge is 0.0882 e. The number of nitrogens with one attached hydrogen (secondary N) is 1. The highest BCUT2D eigenvalue weighted by Crippen LogP contribution is 2.31. The lowest BCUT2D eigenvalue weighted by molar-refractivity contribution is 0.604. The minimum absolute atomic E-state index is 0.291. The zero-order valence-electron chi connectivity index (χ0n) is 7.56. The molecule has 0 aromatic carbocycles. The molecule has 1 rings (SSSR count). The van der Waals surface area contributed by atoms with Crippen LogP contribution >= 0.6 is 11.3 Å². The average molecular weight is 169 g/mol. The Morgan fingerprint density at radius 3 is 2.18 bits per heavy atom. The highest BCUT2D eigenvalue weighted by Gasteiger charge is 2.15. The summed E-state index contributed by atoms with van der Waals surface area (Å²) in [6.07, 6.45) is 0. The van der Waals surface area contributed by atoms with Gasteiger partial charge in [-0.15, -0.1) is 11.3 Å². The Hall–Kier alpha value is -0.500. The van der Waals surface area contributed by atoms with E-state index in [0.29, 0.717) is 5.41 Å². The van der Waals surface area contributed by atoms with Gasteiger partial charge < -0.3 is 5.32 Å². The summed E-state index contributed by atoms with van der Waals surface area (Å²) in [4.78, 5) is 1.43. The van der Waals surface area contributed by atoms with E-state index < -0.39 is 0 Å². The van der Waals surface area contributed by atoms with Crippen molar-refractivity contribution in [3.05, 3.63) is 17.0 Å². The molecule has 62 valence electrons. The summed E-state index contributed by atoms with van der Waals surface area (Å²) in [6.45, 7) is 6.70. The summed E-state index contributed by atoms with van der Waals surface area (Å²) in [5.41, 5.74) is 0.291. The van der Waals surface area contributed by atoms with E-state index in [9.17, 15) is 0 Å². The Labute approximate surface area is 72.4 Å². The van der Waals surface area contributed by atoms with Gasteiger partial charge in [-0.05, 0) is 17.5 Å². The Balaban J connectivity index is 2.89. The van der Waals surface area contributed by atoms with E-state index in [1.54, 1.807) is 0 Å². The average Bonchev–Trinajstić information content (AvgIpc) is 2.32. The second kappa shape index (κ2) is 2.86. The van der Waals surface area contributed by atoms with Crippen LogP contribution in [0.15, 0.2) is 12.1 Å². The van der Waals surface area contributed by atoms with Gasteiger partial charge in [0.15, 0.2) is 0 Å². The molecule has 0 radical (unpaired) electrons. The van der Waals surface area contributed by atoms with Crippen molar-refractivity contribution in [2.45, 2.75) is 26.2 Å². The monoisotopic (exact) mass is 169 g/mol. The largest absolute Gasteiger partial charge is 0.380 e. The molecule has 0 unspecified atom stereocenters. The number of rotatable bonds is 1. The quantitative estimate of drug-likeness (QED) is 0.681. The predicted molar refractivity (Wildman–Crippen MR) is 52.6 cm³/mol. The minimum Gasteiger partial charge on any atom is -0.380 e. The van der Waals surface area contributed by atoms with Crippen molar-refractivity contribution in [1.82, 2.24) is 0 Å². The van der Waals surface area contributed by atoms with Crippen molar-refractivity contribution in [2.24, 2.45) is 0 Å². The van der Waals surface area contributed by atoms with E-state index in [1.807, 2.05) is 18.4 Å². The van der Waals surface area contributed by atoms with E-state index >= 15 is 0 Å². The van der Waals surface area contributed by atoms with E-state index in [-0.39, 0.29) is 0 Å². The lowest BCUT2D eigenvalue weighted by Crippen LogP contribution is -2.07.